The minimum atomic E-state index is 0.333. The third-order valence-electron chi connectivity index (χ3n) is 4.45. The molecule has 2 nitrogen and oxygen atoms in total. The van der Waals surface area contributed by atoms with Crippen molar-refractivity contribution >= 4 is 0 Å². The van der Waals surface area contributed by atoms with Crippen LogP contribution in [-0.4, -0.2) is 18.7 Å². The van der Waals surface area contributed by atoms with Crippen LogP contribution in [0.1, 0.15) is 49.7 Å². The molecule has 1 fully saturated rings. The molecule has 1 aromatic rings. The number of rotatable bonds is 3. The molecule has 0 saturated heterocycles. The third kappa shape index (κ3) is 3.30. The molecule has 104 valence electrons. The van der Waals surface area contributed by atoms with Gasteiger partial charge in [0.15, 0.2) is 0 Å². The summed E-state index contributed by atoms with van der Waals surface area (Å²) in [6, 6.07) is 7.24. The Morgan fingerprint density at radius 1 is 1.16 bits per heavy atom. The number of fused-ring (bicyclic) bond motifs is 1. The van der Waals surface area contributed by atoms with E-state index in [-0.39, 0.29) is 0 Å². The number of benzene rings is 1. The van der Waals surface area contributed by atoms with E-state index in [9.17, 15) is 0 Å². The molecular weight excluding hydrogens is 234 g/mol. The molecule has 1 aromatic carbocycles. The second-order valence-electron chi connectivity index (χ2n) is 6.15. The zero-order valence-corrected chi connectivity index (χ0v) is 12.0. The van der Waals surface area contributed by atoms with Gasteiger partial charge < -0.3 is 10.1 Å². The zero-order valence-electron chi connectivity index (χ0n) is 12.0. The molecular formula is C17H25NO. The normalized spacial score (nSPS) is 23.7. The number of ether oxygens (including phenoxy) is 1. The van der Waals surface area contributed by atoms with Crippen molar-refractivity contribution in [2.45, 2.75) is 64.0 Å². The molecule has 1 atom stereocenters. The minimum absolute atomic E-state index is 0.333. The Labute approximate surface area is 116 Å². The highest BCUT2D eigenvalue weighted by atomic mass is 16.5. The Morgan fingerprint density at radius 2 is 1.95 bits per heavy atom. The number of hydrogen-bond donors (Lipinski definition) is 1. The third-order valence-corrected chi connectivity index (χ3v) is 4.45. The predicted molar refractivity (Wildman–Crippen MR) is 78.8 cm³/mol. The van der Waals surface area contributed by atoms with Crippen molar-refractivity contribution in [3.05, 3.63) is 29.3 Å². The average Bonchev–Trinajstić information content (AvgIpc) is 2.63. The lowest BCUT2D eigenvalue weighted by Gasteiger charge is -2.19. The highest BCUT2D eigenvalue weighted by molar-refractivity contribution is 5.40. The van der Waals surface area contributed by atoms with Crippen molar-refractivity contribution in [3.63, 3.8) is 0 Å². The van der Waals surface area contributed by atoms with E-state index in [1.165, 1.54) is 49.7 Å². The quantitative estimate of drug-likeness (QED) is 0.837. The van der Waals surface area contributed by atoms with Crippen LogP contribution in [0.4, 0.5) is 0 Å². The first kappa shape index (κ1) is 13.0. The predicted octanol–water partition coefficient (Wildman–Crippen LogP) is 3.61. The molecule has 1 saturated carbocycles. The van der Waals surface area contributed by atoms with E-state index in [0.717, 1.165) is 24.8 Å². The molecule has 2 heteroatoms. The SMILES string of the molecule is Cc1ccc2c(c1)CC(CNC1CCCCCC1)O2. The van der Waals surface area contributed by atoms with Crippen LogP contribution in [0.25, 0.3) is 0 Å². The summed E-state index contributed by atoms with van der Waals surface area (Å²) in [5.74, 6) is 1.10. The highest BCUT2D eigenvalue weighted by Gasteiger charge is 2.23. The molecule has 2 aliphatic rings. The van der Waals surface area contributed by atoms with Gasteiger partial charge in [-0.05, 0) is 31.4 Å². The molecule has 0 radical (unpaired) electrons. The van der Waals surface area contributed by atoms with E-state index in [2.05, 4.69) is 30.4 Å². The van der Waals surface area contributed by atoms with Gasteiger partial charge in [0.1, 0.15) is 11.9 Å². The fourth-order valence-electron chi connectivity index (χ4n) is 3.34. The van der Waals surface area contributed by atoms with Crippen LogP contribution in [0, 0.1) is 6.92 Å². The molecule has 3 rings (SSSR count). The van der Waals surface area contributed by atoms with Gasteiger partial charge in [-0.1, -0.05) is 43.4 Å². The fraction of sp³-hybridized carbons (Fsp3) is 0.647. The standard InChI is InChI=1S/C17H25NO/c1-13-8-9-17-14(10-13)11-16(19-17)12-18-15-6-4-2-3-5-7-15/h8-10,15-16,18H,2-7,11-12H2,1H3. The largest absolute Gasteiger partial charge is 0.488 e. The number of nitrogens with one attached hydrogen (secondary N) is 1. The maximum Gasteiger partial charge on any atom is 0.123 e. The molecule has 0 aromatic heterocycles. The summed E-state index contributed by atoms with van der Waals surface area (Å²) in [6.07, 6.45) is 9.71. The van der Waals surface area contributed by atoms with E-state index < -0.39 is 0 Å². The first-order valence-electron chi connectivity index (χ1n) is 7.81. The molecule has 0 amide bonds. The summed E-state index contributed by atoms with van der Waals surface area (Å²) in [5.41, 5.74) is 2.72. The van der Waals surface area contributed by atoms with Gasteiger partial charge in [0.2, 0.25) is 0 Å². The van der Waals surface area contributed by atoms with Crippen LogP contribution >= 0.6 is 0 Å². The summed E-state index contributed by atoms with van der Waals surface area (Å²) in [7, 11) is 0. The fourth-order valence-corrected chi connectivity index (χ4v) is 3.34. The van der Waals surface area contributed by atoms with Crippen LogP contribution in [0.2, 0.25) is 0 Å². The summed E-state index contributed by atoms with van der Waals surface area (Å²) in [6.45, 7) is 3.15. The molecule has 1 unspecified atom stereocenters. The van der Waals surface area contributed by atoms with Crippen LogP contribution < -0.4 is 10.1 Å². The first-order chi connectivity index (χ1) is 9.31. The highest BCUT2D eigenvalue weighted by Crippen LogP contribution is 2.29. The monoisotopic (exact) mass is 259 g/mol. The minimum Gasteiger partial charge on any atom is -0.488 e. The maximum atomic E-state index is 6.02. The summed E-state index contributed by atoms with van der Waals surface area (Å²) in [4.78, 5) is 0. The van der Waals surface area contributed by atoms with E-state index in [0.29, 0.717) is 6.10 Å². The van der Waals surface area contributed by atoms with E-state index in [1.54, 1.807) is 0 Å². The topological polar surface area (TPSA) is 21.3 Å². The summed E-state index contributed by atoms with van der Waals surface area (Å²) < 4.78 is 6.02. The molecule has 1 N–H and O–H groups in total. The maximum absolute atomic E-state index is 6.02. The van der Waals surface area contributed by atoms with Crippen LogP contribution in [0.15, 0.2) is 18.2 Å². The number of hydrogen-bond acceptors (Lipinski definition) is 2. The Balaban J connectivity index is 1.50. The molecule has 1 aliphatic carbocycles. The number of aryl methyl sites for hydroxylation is 1. The van der Waals surface area contributed by atoms with Gasteiger partial charge in [0.05, 0.1) is 0 Å². The van der Waals surface area contributed by atoms with Gasteiger partial charge in [-0.3, -0.25) is 0 Å². The lowest BCUT2D eigenvalue weighted by molar-refractivity contribution is 0.218. The van der Waals surface area contributed by atoms with E-state index >= 15 is 0 Å². The van der Waals surface area contributed by atoms with Crippen molar-refractivity contribution < 1.29 is 4.74 Å². The Kier molecular flexibility index (Phi) is 4.07. The Morgan fingerprint density at radius 3 is 2.74 bits per heavy atom. The van der Waals surface area contributed by atoms with Crippen LogP contribution in [-0.2, 0) is 6.42 Å². The van der Waals surface area contributed by atoms with Gasteiger partial charge in [0.25, 0.3) is 0 Å². The van der Waals surface area contributed by atoms with Gasteiger partial charge in [-0.2, -0.15) is 0 Å². The second kappa shape index (κ2) is 5.96. The van der Waals surface area contributed by atoms with Crippen molar-refractivity contribution in [2.75, 3.05) is 6.54 Å². The molecule has 1 aliphatic heterocycles. The van der Waals surface area contributed by atoms with Crippen molar-refractivity contribution in [2.24, 2.45) is 0 Å². The van der Waals surface area contributed by atoms with Crippen molar-refractivity contribution in [3.8, 4) is 5.75 Å². The lowest BCUT2D eigenvalue weighted by Crippen LogP contribution is -2.37. The van der Waals surface area contributed by atoms with E-state index in [4.69, 9.17) is 4.74 Å². The Bertz CT molecular complexity index is 421. The van der Waals surface area contributed by atoms with Crippen molar-refractivity contribution in [1.29, 1.82) is 0 Å². The smallest absolute Gasteiger partial charge is 0.123 e. The molecule has 19 heavy (non-hydrogen) atoms. The molecule has 1 heterocycles. The Hall–Kier alpha value is -1.02. The molecule has 0 bridgehead atoms. The van der Waals surface area contributed by atoms with Gasteiger partial charge in [-0.25, -0.2) is 0 Å². The van der Waals surface area contributed by atoms with Crippen molar-refractivity contribution in [1.82, 2.24) is 5.32 Å². The van der Waals surface area contributed by atoms with Gasteiger partial charge in [-0.15, -0.1) is 0 Å². The summed E-state index contributed by atoms with van der Waals surface area (Å²) in [5, 5.41) is 3.73. The average molecular weight is 259 g/mol. The van der Waals surface area contributed by atoms with Crippen LogP contribution in [0.5, 0.6) is 5.75 Å². The van der Waals surface area contributed by atoms with Crippen LogP contribution in [0.3, 0.4) is 0 Å². The molecule has 0 spiro atoms. The van der Waals surface area contributed by atoms with Gasteiger partial charge >= 0.3 is 0 Å². The van der Waals surface area contributed by atoms with E-state index in [1.807, 2.05) is 0 Å². The zero-order chi connectivity index (χ0) is 13.1. The summed E-state index contributed by atoms with van der Waals surface area (Å²) >= 11 is 0. The van der Waals surface area contributed by atoms with Gasteiger partial charge in [0, 0.05) is 19.0 Å². The first-order valence-corrected chi connectivity index (χ1v) is 7.81. The second-order valence-corrected chi connectivity index (χ2v) is 6.15. The lowest BCUT2D eigenvalue weighted by atomic mass is 10.1.